The van der Waals surface area contributed by atoms with E-state index in [9.17, 15) is 5.21 Å². The van der Waals surface area contributed by atoms with E-state index in [2.05, 4.69) is 0 Å². The number of quaternary nitrogens is 1. The first-order chi connectivity index (χ1) is 11.7. The minimum atomic E-state index is 0.00555. The first-order valence-electron chi connectivity index (χ1n) is 7.69. The van der Waals surface area contributed by atoms with E-state index in [-0.39, 0.29) is 5.06 Å². The van der Waals surface area contributed by atoms with E-state index in [0.717, 1.165) is 11.3 Å². The Labute approximate surface area is 141 Å². The second kappa shape index (κ2) is 7.17. The van der Waals surface area contributed by atoms with Crippen LogP contribution < -0.4 is 14.5 Å². The first kappa shape index (κ1) is 16.1. The van der Waals surface area contributed by atoms with Gasteiger partial charge in [-0.1, -0.05) is 17.7 Å². The third kappa shape index (κ3) is 3.74. The molecule has 24 heavy (non-hydrogen) atoms. The quantitative estimate of drug-likeness (QED) is 0.718. The Morgan fingerprint density at radius 3 is 1.58 bits per heavy atom. The molecule has 4 nitrogen and oxygen atoms in total. The summed E-state index contributed by atoms with van der Waals surface area (Å²) >= 11 is 0. The summed E-state index contributed by atoms with van der Waals surface area (Å²) in [6.45, 7) is 2.00. The molecule has 0 heterocycles. The predicted octanol–water partition coefficient (Wildman–Crippen LogP) is 4.14. The van der Waals surface area contributed by atoms with E-state index in [4.69, 9.17) is 9.47 Å². The Bertz CT molecular complexity index is 781. The van der Waals surface area contributed by atoms with Crippen LogP contribution in [0.4, 0.5) is 11.4 Å². The van der Waals surface area contributed by atoms with Crippen LogP contribution in [0.25, 0.3) is 0 Å². The average molecular weight is 321 g/mol. The van der Waals surface area contributed by atoms with Gasteiger partial charge in [0.15, 0.2) is 0 Å². The summed E-state index contributed by atoms with van der Waals surface area (Å²) in [5, 5.41) is 12.4. The maximum Gasteiger partial charge on any atom is 0.136 e. The monoisotopic (exact) mass is 321 g/mol. The molecule has 0 bridgehead atoms. The zero-order chi connectivity index (χ0) is 16.9. The minimum Gasteiger partial charge on any atom is -0.623 e. The van der Waals surface area contributed by atoms with Crippen molar-refractivity contribution in [2.24, 2.45) is 0 Å². The van der Waals surface area contributed by atoms with Crippen LogP contribution in [0.3, 0.4) is 0 Å². The lowest BCUT2D eigenvalue weighted by Gasteiger charge is -2.21. The van der Waals surface area contributed by atoms with Gasteiger partial charge in [-0.3, -0.25) is 0 Å². The maximum atomic E-state index is 12.4. The van der Waals surface area contributed by atoms with Gasteiger partial charge in [-0.15, -0.1) is 0 Å². The summed E-state index contributed by atoms with van der Waals surface area (Å²) in [5.74, 6) is 2.18. The fourth-order valence-electron chi connectivity index (χ4n) is 2.33. The van der Waals surface area contributed by atoms with Gasteiger partial charge in [-0.2, -0.15) is 0 Å². The molecule has 0 aliphatic heterocycles. The highest BCUT2D eigenvalue weighted by atomic mass is 16.5. The SMILES string of the molecule is COc1ccc(Oc2ccc([NH+]([O-])c3ccc(C)cc3)cc2)cc1. The summed E-state index contributed by atoms with van der Waals surface area (Å²) < 4.78 is 10.9. The second-order valence-electron chi connectivity index (χ2n) is 5.50. The third-order valence-corrected chi connectivity index (χ3v) is 3.73. The molecule has 1 atom stereocenters. The van der Waals surface area contributed by atoms with Gasteiger partial charge in [0.25, 0.3) is 0 Å². The lowest BCUT2D eigenvalue weighted by Crippen LogP contribution is -2.96. The molecule has 0 radical (unpaired) electrons. The zero-order valence-corrected chi connectivity index (χ0v) is 13.7. The highest BCUT2D eigenvalue weighted by molar-refractivity contribution is 5.43. The number of hydrogen-bond donors (Lipinski definition) is 1. The predicted molar refractivity (Wildman–Crippen MR) is 94.3 cm³/mol. The van der Waals surface area contributed by atoms with Gasteiger partial charge in [0.2, 0.25) is 0 Å². The molecule has 0 aliphatic rings. The Hall–Kier alpha value is -2.82. The molecule has 122 valence electrons. The van der Waals surface area contributed by atoms with Crippen LogP contribution >= 0.6 is 0 Å². The van der Waals surface area contributed by atoms with Crippen molar-refractivity contribution in [1.29, 1.82) is 0 Å². The van der Waals surface area contributed by atoms with Gasteiger partial charge in [0, 0.05) is 24.3 Å². The summed E-state index contributed by atoms with van der Waals surface area (Å²) in [6.07, 6.45) is 0. The largest absolute Gasteiger partial charge is 0.623 e. The normalized spacial score (nSPS) is 11.8. The van der Waals surface area contributed by atoms with Crippen molar-refractivity contribution < 1.29 is 14.5 Å². The van der Waals surface area contributed by atoms with E-state index in [0.29, 0.717) is 22.9 Å². The van der Waals surface area contributed by atoms with Crippen LogP contribution in [-0.2, 0) is 0 Å². The standard InChI is InChI=1S/C20H19NO3/c1-15-3-5-16(6-4-15)21(22)17-7-9-19(10-8-17)24-20-13-11-18(23-2)12-14-20/h3-14,21H,1-2H3. The van der Waals surface area contributed by atoms with E-state index in [1.165, 1.54) is 0 Å². The van der Waals surface area contributed by atoms with Gasteiger partial charge in [-0.25, -0.2) is 0 Å². The number of nitrogens with one attached hydrogen (secondary N) is 1. The van der Waals surface area contributed by atoms with Gasteiger partial charge in [0.05, 0.1) is 7.11 Å². The molecule has 0 fully saturated rings. The van der Waals surface area contributed by atoms with E-state index >= 15 is 0 Å². The summed E-state index contributed by atoms with van der Waals surface area (Å²) in [6, 6.07) is 22.1. The molecular formula is C20H19NO3. The van der Waals surface area contributed by atoms with Crippen molar-refractivity contribution in [3.8, 4) is 17.2 Å². The van der Waals surface area contributed by atoms with E-state index in [1.54, 1.807) is 31.4 Å². The van der Waals surface area contributed by atoms with Crippen molar-refractivity contribution in [3.63, 3.8) is 0 Å². The molecule has 4 heteroatoms. The number of benzene rings is 3. The number of hydrogen-bond acceptors (Lipinski definition) is 3. The molecule has 0 saturated heterocycles. The fraction of sp³-hybridized carbons (Fsp3) is 0.100. The number of ether oxygens (including phenoxy) is 2. The molecule has 0 amide bonds. The summed E-state index contributed by atoms with van der Waals surface area (Å²) in [4.78, 5) is 0. The minimum absolute atomic E-state index is 0.00555. The van der Waals surface area contributed by atoms with Gasteiger partial charge < -0.3 is 19.7 Å². The van der Waals surface area contributed by atoms with Crippen molar-refractivity contribution >= 4 is 11.4 Å². The van der Waals surface area contributed by atoms with Gasteiger partial charge >= 0.3 is 0 Å². The van der Waals surface area contributed by atoms with Crippen molar-refractivity contribution in [2.45, 2.75) is 6.92 Å². The highest BCUT2D eigenvalue weighted by Crippen LogP contribution is 2.24. The molecule has 3 aromatic carbocycles. The lowest BCUT2D eigenvalue weighted by molar-refractivity contribution is -0.698. The Kier molecular flexibility index (Phi) is 4.79. The Balaban J connectivity index is 1.71. The highest BCUT2D eigenvalue weighted by Gasteiger charge is 2.07. The van der Waals surface area contributed by atoms with Crippen molar-refractivity contribution in [2.75, 3.05) is 7.11 Å². The average Bonchev–Trinajstić information content (AvgIpc) is 2.63. The number of aryl methyl sites for hydroxylation is 1. The second-order valence-corrected chi connectivity index (χ2v) is 5.50. The summed E-state index contributed by atoms with van der Waals surface area (Å²) in [7, 11) is 1.62. The molecule has 0 spiro atoms. The van der Waals surface area contributed by atoms with Crippen LogP contribution in [0.1, 0.15) is 5.56 Å². The van der Waals surface area contributed by atoms with Crippen LogP contribution in [0.2, 0.25) is 0 Å². The van der Waals surface area contributed by atoms with Crippen molar-refractivity contribution in [3.05, 3.63) is 83.6 Å². The van der Waals surface area contributed by atoms with Crippen LogP contribution in [-0.4, -0.2) is 7.11 Å². The molecular weight excluding hydrogens is 302 g/mol. The van der Waals surface area contributed by atoms with Gasteiger partial charge in [0.1, 0.15) is 28.6 Å². The molecule has 1 unspecified atom stereocenters. The molecule has 3 rings (SSSR count). The Morgan fingerprint density at radius 1 is 0.667 bits per heavy atom. The number of rotatable bonds is 5. The fourth-order valence-corrected chi connectivity index (χ4v) is 2.33. The topological polar surface area (TPSA) is 46.0 Å². The third-order valence-electron chi connectivity index (χ3n) is 3.73. The van der Waals surface area contributed by atoms with Crippen LogP contribution in [0.15, 0.2) is 72.8 Å². The number of methoxy groups -OCH3 is 1. The molecule has 3 aromatic rings. The van der Waals surface area contributed by atoms with E-state index in [1.807, 2.05) is 55.5 Å². The molecule has 0 aliphatic carbocycles. The smallest absolute Gasteiger partial charge is 0.136 e. The first-order valence-corrected chi connectivity index (χ1v) is 7.69. The van der Waals surface area contributed by atoms with Crippen LogP contribution in [0.5, 0.6) is 17.2 Å². The van der Waals surface area contributed by atoms with Crippen molar-refractivity contribution in [1.82, 2.24) is 0 Å². The van der Waals surface area contributed by atoms with Gasteiger partial charge in [-0.05, 0) is 43.3 Å². The van der Waals surface area contributed by atoms with Crippen LogP contribution in [0, 0.1) is 12.1 Å². The molecule has 0 saturated carbocycles. The lowest BCUT2D eigenvalue weighted by atomic mass is 10.2. The molecule has 0 aromatic heterocycles. The van der Waals surface area contributed by atoms with E-state index < -0.39 is 0 Å². The molecule has 1 N–H and O–H groups in total. The summed E-state index contributed by atoms with van der Waals surface area (Å²) in [5.41, 5.74) is 2.46. The Morgan fingerprint density at radius 2 is 1.08 bits per heavy atom. The maximum absolute atomic E-state index is 12.4. The zero-order valence-electron chi connectivity index (χ0n) is 13.7.